The normalized spacial score (nSPS) is 14.5. The van der Waals surface area contributed by atoms with Crippen molar-refractivity contribution in [2.75, 3.05) is 39.6 Å². The Morgan fingerprint density at radius 2 is 0.586 bits per heavy atom. The minimum absolute atomic E-state index is 0.106. The zero-order chi connectivity index (χ0) is 64.3. The number of ether oxygens (including phenoxy) is 4. The van der Waals surface area contributed by atoms with Gasteiger partial charge in [-0.3, -0.25) is 37.3 Å². The van der Waals surface area contributed by atoms with Crippen LogP contribution in [0.15, 0.2) is 0 Å². The molecule has 0 aliphatic carbocycles. The third-order valence-corrected chi connectivity index (χ3v) is 18.0. The Kier molecular flexibility index (Phi) is 59.0. The third-order valence-electron chi connectivity index (χ3n) is 16.1. The van der Waals surface area contributed by atoms with Crippen molar-refractivity contribution in [3.8, 4) is 0 Å². The second-order valence-corrected chi connectivity index (χ2v) is 28.2. The molecule has 0 saturated heterocycles. The predicted octanol–water partition coefficient (Wildman–Crippen LogP) is 19.2. The minimum Gasteiger partial charge on any atom is -0.462 e. The fourth-order valence-electron chi connectivity index (χ4n) is 10.2. The van der Waals surface area contributed by atoms with E-state index in [1.165, 1.54) is 148 Å². The number of phosphoric acid groups is 2. The van der Waals surface area contributed by atoms with Crippen molar-refractivity contribution >= 4 is 39.5 Å². The molecule has 0 amide bonds. The van der Waals surface area contributed by atoms with E-state index in [1.54, 1.807) is 0 Å². The minimum atomic E-state index is -4.95. The first-order chi connectivity index (χ1) is 41.9. The molecule has 0 rings (SSSR count). The van der Waals surface area contributed by atoms with Gasteiger partial charge in [0.1, 0.15) is 19.3 Å². The lowest BCUT2D eigenvalue weighted by Gasteiger charge is -2.21. The fraction of sp³-hybridized carbons (Fsp3) is 0.941. The average Bonchev–Trinajstić information content (AvgIpc) is 3.71. The van der Waals surface area contributed by atoms with Gasteiger partial charge in [0.2, 0.25) is 0 Å². The van der Waals surface area contributed by atoms with Gasteiger partial charge in [-0.15, -0.1) is 0 Å². The summed E-state index contributed by atoms with van der Waals surface area (Å²) in [7, 11) is -9.89. The average molecular weight is 1280 g/mol. The van der Waals surface area contributed by atoms with Gasteiger partial charge in [0, 0.05) is 25.7 Å². The standard InChI is InChI=1S/C68H132O17P2/c1-7-10-12-14-16-18-28-32-40-46-52-67(72)84-63(56-78-65(70)50-44-38-31-17-15-13-11-8-2)58-82-86(74,75)80-54-62(69)55-81-87(76,77)83-59-64(57-79-66(71)51-45-39-35-34-37-43-49-61(6)9-3)85-68(73)53-47-41-33-29-26-24-22-20-19-21-23-25-27-30-36-42-48-60(4)5/h60-64,69H,7-59H2,1-6H3,(H,74,75)(H,76,77)/t61?,62-,63+,64+/m0/s1. The Morgan fingerprint density at radius 1 is 0.333 bits per heavy atom. The highest BCUT2D eigenvalue weighted by Gasteiger charge is 2.30. The molecule has 0 fully saturated rings. The van der Waals surface area contributed by atoms with Gasteiger partial charge >= 0.3 is 39.5 Å². The number of aliphatic hydroxyl groups excluding tert-OH is 1. The summed E-state index contributed by atoms with van der Waals surface area (Å²) in [6, 6.07) is 0. The molecule has 0 heterocycles. The van der Waals surface area contributed by atoms with E-state index in [0.717, 1.165) is 115 Å². The number of hydrogen-bond donors (Lipinski definition) is 3. The summed E-state index contributed by atoms with van der Waals surface area (Å²) < 4.78 is 68.1. The number of hydrogen-bond acceptors (Lipinski definition) is 15. The van der Waals surface area contributed by atoms with Crippen LogP contribution in [0.25, 0.3) is 0 Å². The van der Waals surface area contributed by atoms with Crippen LogP contribution in [-0.4, -0.2) is 96.7 Å². The first kappa shape index (κ1) is 85.1. The van der Waals surface area contributed by atoms with Gasteiger partial charge < -0.3 is 33.8 Å². The van der Waals surface area contributed by atoms with Crippen molar-refractivity contribution in [3.63, 3.8) is 0 Å². The Bertz CT molecular complexity index is 1700. The van der Waals surface area contributed by atoms with E-state index in [1.807, 2.05) is 0 Å². The Morgan fingerprint density at radius 3 is 0.874 bits per heavy atom. The highest BCUT2D eigenvalue weighted by atomic mass is 31.2. The summed E-state index contributed by atoms with van der Waals surface area (Å²) in [6.45, 7) is 9.49. The highest BCUT2D eigenvalue weighted by Crippen LogP contribution is 2.45. The SMILES string of the molecule is CCCCCCCCCCCCC(=O)O[C@H](COC(=O)CCCCCCCCCC)COP(=O)(O)OC[C@H](O)COP(=O)(O)OC[C@@H](COC(=O)CCCCCCCCC(C)CC)OC(=O)CCCCCCCCCCCCCCCCCCC(C)C. The summed E-state index contributed by atoms with van der Waals surface area (Å²) in [5.74, 6) is -0.591. The van der Waals surface area contributed by atoms with Crippen molar-refractivity contribution in [1.29, 1.82) is 0 Å². The molecule has 3 N–H and O–H groups in total. The summed E-state index contributed by atoms with van der Waals surface area (Å²) in [6.07, 6.45) is 44.5. The molecular formula is C68H132O17P2. The number of phosphoric ester groups is 2. The van der Waals surface area contributed by atoms with Gasteiger partial charge in [0.25, 0.3) is 0 Å². The molecule has 0 aromatic rings. The van der Waals surface area contributed by atoms with Crippen LogP contribution in [0.5, 0.6) is 0 Å². The fourth-order valence-corrected chi connectivity index (χ4v) is 11.8. The van der Waals surface area contributed by atoms with Gasteiger partial charge in [-0.05, 0) is 37.5 Å². The van der Waals surface area contributed by atoms with Crippen LogP contribution in [0.2, 0.25) is 0 Å². The van der Waals surface area contributed by atoms with Crippen molar-refractivity contribution < 1.29 is 80.2 Å². The number of carbonyl (C=O) groups excluding carboxylic acids is 4. The highest BCUT2D eigenvalue weighted by molar-refractivity contribution is 7.47. The van der Waals surface area contributed by atoms with Crippen LogP contribution in [0.4, 0.5) is 0 Å². The van der Waals surface area contributed by atoms with Crippen LogP contribution in [0.1, 0.15) is 343 Å². The van der Waals surface area contributed by atoms with Crippen molar-refractivity contribution in [1.82, 2.24) is 0 Å². The molecule has 0 aromatic heterocycles. The topological polar surface area (TPSA) is 237 Å². The van der Waals surface area contributed by atoms with E-state index >= 15 is 0 Å². The molecule has 0 saturated carbocycles. The molecule has 0 aliphatic heterocycles. The van der Waals surface area contributed by atoms with Crippen molar-refractivity contribution in [2.24, 2.45) is 11.8 Å². The number of esters is 4. The third kappa shape index (κ3) is 61.3. The van der Waals surface area contributed by atoms with Gasteiger partial charge in [0.05, 0.1) is 26.4 Å². The first-order valence-electron chi connectivity index (χ1n) is 35.5. The van der Waals surface area contributed by atoms with Crippen LogP contribution in [-0.2, 0) is 65.4 Å². The lowest BCUT2D eigenvalue weighted by molar-refractivity contribution is -0.161. The number of unbranched alkanes of at least 4 members (excludes halogenated alkanes) is 36. The second-order valence-electron chi connectivity index (χ2n) is 25.3. The van der Waals surface area contributed by atoms with E-state index in [9.17, 15) is 43.2 Å². The molecule has 87 heavy (non-hydrogen) atoms. The Balaban J connectivity index is 5.17. The molecule has 17 nitrogen and oxygen atoms in total. The first-order valence-corrected chi connectivity index (χ1v) is 38.5. The number of aliphatic hydroxyl groups is 1. The maximum Gasteiger partial charge on any atom is 0.472 e. The maximum atomic E-state index is 13.0. The largest absolute Gasteiger partial charge is 0.472 e. The molecule has 6 atom stereocenters. The van der Waals surface area contributed by atoms with E-state index in [2.05, 4.69) is 41.5 Å². The van der Waals surface area contributed by atoms with Crippen LogP contribution < -0.4 is 0 Å². The van der Waals surface area contributed by atoms with Crippen molar-refractivity contribution in [3.05, 3.63) is 0 Å². The summed E-state index contributed by atoms with van der Waals surface area (Å²) in [5.41, 5.74) is 0. The number of rotatable bonds is 67. The Hall–Kier alpha value is -1.94. The second kappa shape index (κ2) is 60.3. The molecule has 516 valence electrons. The lowest BCUT2D eigenvalue weighted by atomic mass is 10.00. The molecule has 0 spiro atoms. The molecule has 0 bridgehead atoms. The van der Waals surface area contributed by atoms with E-state index in [0.29, 0.717) is 25.7 Å². The van der Waals surface area contributed by atoms with Gasteiger partial charge in [-0.1, -0.05) is 292 Å². The Labute approximate surface area is 530 Å². The quantitative estimate of drug-likeness (QED) is 0.0222. The zero-order valence-electron chi connectivity index (χ0n) is 56.3. The molecule has 19 heteroatoms. The smallest absolute Gasteiger partial charge is 0.462 e. The maximum absolute atomic E-state index is 13.0. The molecule has 0 aromatic carbocycles. The number of carbonyl (C=O) groups is 4. The summed E-state index contributed by atoms with van der Waals surface area (Å²) in [4.78, 5) is 72.3. The molecule has 3 unspecified atom stereocenters. The van der Waals surface area contributed by atoms with Gasteiger partial charge in [-0.25, -0.2) is 9.13 Å². The van der Waals surface area contributed by atoms with Crippen LogP contribution in [0, 0.1) is 11.8 Å². The van der Waals surface area contributed by atoms with Crippen molar-refractivity contribution in [2.45, 2.75) is 362 Å². The van der Waals surface area contributed by atoms with Crippen LogP contribution in [0.3, 0.4) is 0 Å². The predicted molar refractivity (Wildman–Crippen MR) is 349 cm³/mol. The van der Waals surface area contributed by atoms with E-state index in [4.69, 9.17) is 37.0 Å². The van der Waals surface area contributed by atoms with Gasteiger partial charge in [0.15, 0.2) is 12.2 Å². The van der Waals surface area contributed by atoms with E-state index < -0.39 is 97.5 Å². The van der Waals surface area contributed by atoms with E-state index in [-0.39, 0.29) is 25.7 Å². The van der Waals surface area contributed by atoms with Crippen LogP contribution >= 0.6 is 15.6 Å². The zero-order valence-corrected chi connectivity index (χ0v) is 58.1. The monoisotopic (exact) mass is 1280 g/mol. The lowest BCUT2D eigenvalue weighted by Crippen LogP contribution is -2.30. The molecular weight excluding hydrogens is 1150 g/mol. The molecule has 0 aliphatic rings. The molecule has 0 radical (unpaired) electrons. The summed E-state index contributed by atoms with van der Waals surface area (Å²) >= 11 is 0. The van der Waals surface area contributed by atoms with Gasteiger partial charge in [-0.2, -0.15) is 0 Å². The summed E-state index contributed by atoms with van der Waals surface area (Å²) in [5, 5.41) is 10.6.